The number of benzene rings is 3. The molecule has 3 aromatic rings. The molecule has 0 aromatic heterocycles. The second kappa shape index (κ2) is 15.5. The lowest BCUT2D eigenvalue weighted by atomic mass is 9.90. The van der Waals surface area contributed by atoms with E-state index in [-0.39, 0.29) is 31.9 Å². The van der Waals surface area contributed by atoms with Gasteiger partial charge in [0.25, 0.3) is 0 Å². The van der Waals surface area contributed by atoms with Crippen molar-refractivity contribution in [3.63, 3.8) is 0 Å². The van der Waals surface area contributed by atoms with Gasteiger partial charge in [0.1, 0.15) is 18.1 Å². The summed E-state index contributed by atoms with van der Waals surface area (Å²) in [7, 11) is 0. The molecule has 7 nitrogen and oxygen atoms in total. The zero-order valence-electron chi connectivity index (χ0n) is 22.7. The Labute approximate surface area is 239 Å². The number of aliphatic hydroxyl groups is 1. The minimum atomic E-state index is -0.509. The van der Waals surface area contributed by atoms with Gasteiger partial charge >= 0.3 is 11.9 Å². The molecule has 0 bridgehead atoms. The average molecular weight is 565 g/mol. The summed E-state index contributed by atoms with van der Waals surface area (Å²) in [6, 6.07) is 24.5. The molecular formula is C32H36O7S. The number of carbonyl (C=O) groups is 2. The first-order valence-corrected chi connectivity index (χ1v) is 14.6. The van der Waals surface area contributed by atoms with E-state index in [0.29, 0.717) is 35.5 Å². The first-order valence-electron chi connectivity index (χ1n) is 13.7. The SMILES string of the molecule is CCOC1CC[C@H](Cc2cccc(OCC(=O)OCCO)c2)[C@H]1CSc1cccc(OC(=O)c2ccccc2)c1. The van der Waals surface area contributed by atoms with Crippen LogP contribution in [0.5, 0.6) is 11.5 Å². The molecule has 1 unspecified atom stereocenters. The highest BCUT2D eigenvalue weighted by molar-refractivity contribution is 7.99. The van der Waals surface area contributed by atoms with Crippen LogP contribution >= 0.6 is 11.8 Å². The van der Waals surface area contributed by atoms with Gasteiger partial charge in [0, 0.05) is 17.3 Å². The Kier molecular flexibility index (Phi) is 11.5. The van der Waals surface area contributed by atoms with Crippen LogP contribution in [0, 0.1) is 11.8 Å². The first-order chi connectivity index (χ1) is 19.6. The molecule has 1 N–H and O–H groups in total. The van der Waals surface area contributed by atoms with E-state index in [0.717, 1.165) is 35.5 Å². The summed E-state index contributed by atoms with van der Waals surface area (Å²) in [5, 5.41) is 8.79. The molecule has 40 heavy (non-hydrogen) atoms. The van der Waals surface area contributed by atoms with Crippen molar-refractivity contribution in [2.75, 3.05) is 32.2 Å². The summed E-state index contributed by atoms with van der Waals surface area (Å²) < 4.78 is 22.2. The fourth-order valence-electron chi connectivity index (χ4n) is 5.00. The van der Waals surface area contributed by atoms with Crippen molar-refractivity contribution in [2.45, 2.75) is 37.2 Å². The highest BCUT2D eigenvalue weighted by Crippen LogP contribution is 2.40. The van der Waals surface area contributed by atoms with E-state index >= 15 is 0 Å². The minimum Gasteiger partial charge on any atom is -0.482 e. The Bertz CT molecular complexity index is 1230. The first kappa shape index (κ1) is 29.6. The second-order valence-electron chi connectivity index (χ2n) is 9.62. The van der Waals surface area contributed by atoms with Gasteiger partial charge in [0.05, 0.1) is 18.3 Å². The molecule has 212 valence electrons. The second-order valence-corrected chi connectivity index (χ2v) is 10.7. The Morgan fingerprint density at radius 1 is 0.950 bits per heavy atom. The molecule has 4 rings (SSSR count). The predicted molar refractivity (Wildman–Crippen MR) is 154 cm³/mol. The number of thioether (sulfide) groups is 1. The molecule has 0 saturated heterocycles. The zero-order valence-corrected chi connectivity index (χ0v) is 23.5. The van der Waals surface area contributed by atoms with Gasteiger partial charge in [-0.1, -0.05) is 36.4 Å². The molecule has 8 heteroatoms. The summed E-state index contributed by atoms with van der Waals surface area (Å²) >= 11 is 1.75. The molecule has 0 heterocycles. The van der Waals surface area contributed by atoms with E-state index in [1.165, 1.54) is 0 Å². The largest absolute Gasteiger partial charge is 0.482 e. The van der Waals surface area contributed by atoms with Crippen molar-refractivity contribution >= 4 is 23.7 Å². The smallest absolute Gasteiger partial charge is 0.344 e. The monoisotopic (exact) mass is 564 g/mol. The van der Waals surface area contributed by atoms with Gasteiger partial charge in [-0.25, -0.2) is 9.59 Å². The van der Waals surface area contributed by atoms with E-state index < -0.39 is 5.97 Å². The van der Waals surface area contributed by atoms with Gasteiger partial charge < -0.3 is 24.1 Å². The maximum Gasteiger partial charge on any atom is 0.344 e. The summed E-state index contributed by atoms with van der Waals surface area (Å²) in [6.07, 6.45) is 3.17. The lowest BCUT2D eigenvalue weighted by molar-refractivity contribution is -0.146. The van der Waals surface area contributed by atoms with Crippen molar-refractivity contribution in [2.24, 2.45) is 11.8 Å². The van der Waals surface area contributed by atoms with Gasteiger partial charge in [-0.2, -0.15) is 0 Å². The van der Waals surface area contributed by atoms with Crippen LogP contribution in [0.15, 0.2) is 83.8 Å². The summed E-state index contributed by atoms with van der Waals surface area (Å²) in [6.45, 7) is 2.28. The van der Waals surface area contributed by atoms with Gasteiger partial charge in [-0.05, 0) is 86.1 Å². The van der Waals surface area contributed by atoms with E-state index in [2.05, 4.69) is 6.07 Å². The normalized spacial score (nSPS) is 18.3. The van der Waals surface area contributed by atoms with E-state index in [9.17, 15) is 9.59 Å². The Hall–Kier alpha value is -3.33. The molecule has 1 aliphatic rings. The number of esters is 2. The third kappa shape index (κ3) is 8.84. The third-order valence-electron chi connectivity index (χ3n) is 6.86. The molecule has 0 radical (unpaired) electrons. The molecule has 0 aliphatic heterocycles. The molecule has 1 aliphatic carbocycles. The number of rotatable bonds is 14. The maximum atomic E-state index is 12.5. The summed E-state index contributed by atoms with van der Waals surface area (Å²) in [5.74, 6) is 1.95. The zero-order chi connectivity index (χ0) is 28.2. The van der Waals surface area contributed by atoms with Crippen LogP contribution in [0.25, 0.3) is 0 Å². The molecule has 0 amide bonds. The van der Waals surface area contributed by atoms with Crippen LogP contribution in [-0.4, -0.2) is 55.3 Å². The van der Waals surface area contributed by atoms with Crippen molar-refractivity contribution in [3.8, 4) is 11.5 Å². The molecule has 3 aromatic carbocycles. The predicted octanol–water partition coefficient (Wildman–Crippen LogP) is 5.59. The highest BCUT2D eigenvalue weighted by Gasteiger charge is 2.36. The number of hydrogen-bond donors (Lipinski definition) is 1. The highest BCUT2D eigenvalue weighted by atomic mass is 32.2. The average Bonchev–Trinajstić information content (AvgIpc) is 3.35. The molecule has 1 fully saturated rings. The van der Waals surface area contributed by atoms with Crippen LogP contribution in [0.2, 0.25) is 0 Å². The minimum absolute atomic E-state index is 0.0343. The van der Waals surface area contributed by atoms with E-state index in [1.54, 1.807) is 30.0 Å². The number of ether oxygens (including phenoxy) is 4. The number of aliphatic hydroxyl groups excluding tert-OH is 1. The summed E-state index contributed by atoms with van der Waals surface area (Å²) in [4.78, 5) is 25.2. The fraction of sp³-hybridized carbons (Fsp3) is 0.375. The Morgan fingerprint density at radius 2 is 1.75 bits per heavy atom. The molecule has 0 spiro atoms. The lowest BCUT2D eigenvalue weighted by Gasteiger charge is -2.25. The van der Waals surface area contributed by atoms with Crippen molar-refractivity contribution in [3.05, 3.63) is 90.0 Å². The van der Waals surface area contributed by atoms with E-state index in [4.69, 9.17) is 24.1 Å². The number of hydrogen-bond acceptors (Lipinski definition) is 8. The lowest BCUT2D eigenvalue weighted by Crippen LogP contribution is -2.26. The quantitative estimate of drug-likeness (QED) is 0.154. The van der Waals surface area contributed by atoms with Crippen LogP contribution in [-0.2, 0) is 20.7 Å². The molecule has 3 atom stereocenters. The maximum absolute atomic E-state index is 12.5. The summed E-state index contributed by atoms with van der Waals surface area (Å²) in [5.41, 5.74) is 1.67. The topological polar surface area (TPSA) is 91.3 Å². The molecular weight excluding hydrogens is 528 g/mol. The Morgan fingerprint density at radius 3 is 2.55 bits per heavy atom. The standard InChI is InChI=1S/C32H36O7S/c1-2-36-30-15-14-25(18-23-8-6-11-26(19-23)38-21-31(34)37-17-16-33)29(30)22-40-28-13-7-12-27(20-28)39-32(35)24-9-4-3-5-10-24/h3-13,19-20,25,29-30,33H,2,14-18,21-22H2,1H3/t25-,29-,30?/m1/s1. The van der Waals surface area contributed by atoms with Crippen LogP contribution in [0.4, 0.5) is 0 Å². The molecule has 1 saturated carbocycles. The van der Waals surface area contributed by atoms with Gasteiger partial charge in [0.2, 0.25) is 0 Å². The Balaban J connectivity index is 1.36. The van der Waals surface area contributed by atoms with Crippen LogP contribution in [0.1, 0.15) is 35.7 Å². The van der Waals surface area contributed by atoms with Crippen molar-refractivity contribution in [1.82, 2.24) is 0 Å². The van der Waals surface area contributed by atoms with Crippen molar-refractivity contribution in [1.29, 1.82) is 0 Å². The van der Waals surface area contributed by atoms with Crippen LogP contribution in [0.3, 0.4) is 0 Å². The van der Waals surface area contributed by atoms with Gasteiger partial charge in [0.15, 0.2) is 6.61 Å². The van der Waals surface area contributed by atoms with Crippen LogP contribution < -0.4 is 9.47 Å². The van der Waals surface area contributed by atoms with E-state index in [1.807, 2.05) is 61.5 Å². The van der Waals surface area contributed by atoms with Gasteiger partial charge in [-0.15, -0.1) is 11.8 Å². The fourth-order valence-corrected chi connectivity index (χ4v) is 6.24. The number of carbonyl (C=O) groups excluding carboxylic acids is 2. The van der Waals surface area contributed by atoms with Crippen molar-refractivity contribution < 1.29 is 33.6 Å². The van der Waals surface area contributed by atoms with Gasteiger partial charge in [-0.3, -0.25) is 0 Å². The third-order valence-corrected chi connectivity index (χ3v) is 8.00.